The highest BCUT2D eigenvalue weighted by Gasteiger charge is 2.23. The van der Waals surface area contributed by atoms with Crippen LogP contribution in [0.2, 0.25) is 0 Å². The van der Waals surface area contributed by atoms with Gasteiger partial charge in [-0.1, -0.05) is 12.1 Å². The number of carbonyl (C=O) groups excluding carboxylic acids is 1. The first-order chi connectivity index (χ1) is 8.27. The zero-order valence-corrected chi connectivity index (χ0v) is 10.2. The summed E-state index contributed by atoms with van der Waals surface area (Å²) in [6.45, 7) is 2.52. The van der Waals surface area contributed by atoms with Gasteiger partial charge in [0.1, 0.15) is 5.75 Å². The van der Waals surface area contributed by atoms with Crippen LogP contribution >= 0.6 is 11.3 Å². The standard InChI is InChI=1S/C13H11NO2S/c1-8-13(17-7-14-8)11(15)10-4-2-3-9-5-6-16-12(9)10/h2-4,7H,5-6H2,1H3. The van der Waals surface area contributed by atoms with Crippen molar-refractivity contribution in [3.63, 3.8) is 0 Å². The summed E-state index contributed by atoms with van der Waals surface area (Å²) in [6.07, 6.45) is 0.887. The van der Waals surface area contributed by atoms with Crippen molar-refractivity contribution < 1.29 is 9.53 Å². The van der Waals surface area contributed by atoms with Gasteiger partial charge in [0.2, 0.25) is 5.78 Å². The van der Waals surface area contributed by atoms with Crippen LogP contribution in [-0.2, 0) is 6.42 Å². The van der Waals surface area contributed by atoms with Gasteiger partial charge < -0.3 is 4.74 Å². The van der Waals surface area contributed by atoms with E-state index in [9.17, 15) is 4.79 Å². The second-order valence-electron chi connectivity index (χ2n) is 3.99. The molecule has 0 radical (unpaired) electrons. The van der Waals surface area contributed by atoms with Crippen molar-refractivity contribution in [1.82, 2.24) is 4.98 Å². The molecule has 2 heterocycles. The smallest absolute Gasteiger partial charge is 0.208 e. The summed E-state index contributed by atoms with van der Waals surface area (Å²) in [7, 11) is 0. The second-order valence-corrected chi connectivity index (χ2v) is 4.84. The number of hydrogen-bond donors (Lipinski definition) is 0. The SMILES string of the molecule is Cc1ncsc1C(=O)c1cccc2c1OCC2. The number of para-hydroxylation sites is 1. The fourth-order valence-corrected chi connectivity index (χ4v) is 2.79. The van der Waals surface area contributed by atoms with Crippen LogP contribution in [0.25, 0.3) is 0 Å². The molecule has 0 saturated heterocycles. The number of ether oxygens (including phenoxy) is 1. The predicted octanol–water partition coefficient (Wildman–Crippen LogP) is 2.62. The van der Waals surface area contributed by atoms with Crippen molar-refractivity contribution in [3.8, 4) is 5.75 Å². The molecule has 0 fully saturated rings. The molecule has 3 rings (SSSR count). The molecule has 0 bridgehead atoms. The molecule has 1 aromatic heterocycles. The Hall–Kier alpha value is -1.68. The normalized spacial score (nSPS) is 13.2. The molecule has 1 aliphatic heterocycles. The van der Waals surface area contributed by atoms with Crippen LogP contribution in [0.15, 0.2) is 23.7 Å². The van der Waals surface area contributed by atoms with Crippen molar-refractivity contribution in [3.05, 3.63) is 45.4 Å². The van der Waals surface area contributed by atoms with E-state index in [0.29, 0.717) is 17.0 Å². The Bertz CT molecular complexity index is 589. The van der Waals surface area contributed by atoms with Gasteiger partial charge in [0.05, 0.1) is 28.3 Å². The molecular formula is C13H11NO2S. The first kappa shape index (κ1) is 10.5. The number of aryl methyl sites for hydroxylation is 1. The summed E-state index contributed by atoms with van der Waals surface area (Å²) in [5.74, 6) is 0.772. The topological polar surface area (TPSA) is 39.2 Å². The average molecular weight is 245 g/mol. The number of ketones is 1. The van der Waals surface area contributed by atoms with Crippen molar-refractivity contribution >= 4 is 17.1 Å². The van der Waals surface area contributed by atoms with Gasteiger partial charge >= 0.3 is 0 Å². The van der Waals surface area contributed by atoms with Gasteiger partial charge in [-0.3, -0.25) is 4.79 Å². The highest BCUT2D eigenvalue weighted by molar-refractivity contribution is 7.12. The first-order valence-corrected chi connectivity index (χ1v) is 6.35. The number of rotatable bonds is 2. The molecule has 1 aromatic carbocycles. The maximum atomic E-state index is 12.4. The third-order valence-corrected chi connectivity index (χ3v) is 3.84. The van der Waals surface area contributed by atoms with E-state index in [4.69, 9.17) is 4.74 Å². The molecule has 0 unspecified atom stereocenters. The lowest BCUT2D eigenvalue weighted by Gasteiger charge is -2.05. The largest absolute Gasteiger partial charge is 0.492 e. The molecule has 0 amide bonds. The summed E-state index contributed by atoms with van der Waals surface area (Å²) in [4.78, 5) is 17.2. The van der Waals surface area contributed by atoms with E-state index in [1.165, 1.54) is 11.3 Å². The monoisotopic (exact) mass is 245 g/mol. The molecule has 0 saturated carbocycles. The number of hydrogen-bond acceptors (Lipinski definition) is 4. The van der Waals surface area contributed by atoms with E-state index in [-0.39, 0.29) is 5.78 Å². The highest BCUT2D eigenvalue weighted by Crippen LogP contribution is 2.32. The van der Waals surface area contributed by atoms with Gasteiger partial charge in [-0.05, 0) is 18.6 Å². The first-order valence-electron chi connectivity index (χ1n) is 5.47. The van der Waals surface area contributed by atoms with Gasteiger partial charge in [-0.2, -0.15) is 0 Å². The Morgan fingerprint density at radius 3 is 3.12 bits per heavy atom. The Labute approximate surface area is 103 Å². The van der Waals surface area contributed by atoms with Gasteiger partial charge in [0.25, 0.3) is 0 Å². The zero-order valence-electron chi connectivity index (χ0n) is 9.40. The van der Waals surface area contributed by atoms with Crippen LogP contribution in [0.5, 0.6) is 5.75 Å². The number of fused-ring (bicyclic) bond motifs is 1. The van der Waals surface area contributed by atoms with Crippen LogP contribution < -0.4 is 4.74 Å². The molecule has 0 aliphatic carbocycles. The maximum absolute atomic E-state index is 12.4. The molecule has 17 heavy (non-hydrogen) atoms. The number of benzene rings is 1. The lowest BCUT2D eigenvalue weighted by atomic mass is 10.0. The highest BCUT2D eigenvalue weighted by atomic mass is 32.1. The fraction of sp³-hybridized carbons (Fsp3) is 0.231. The van der Waals surface area contributed by atoms with Gasteiger partial charge in [-0.25, -0.2) is 4.98 Å². The van der Waals surface area contributed by atoms with E-state index in [1.54, 1.807) is 5.51 Å². The van der Waals surface area contributed by atoms with Gasteiger partial charge in [0.15, 0.2) is 0 Å². The predicted molar refractivity (Wildman–Crippen MR) is 65.9 cm³/mol. The van der Waals surface area contributed by atoms with Crippen molar-refractivity contribution in [2.45, 2.75) is 13.3 Å². The number of nitrogens with zero attached hydrogens (tertiary/aromatic N) is 1. The molecule has 0 atom stereocenters. The van der Waals surface area contributed by atoms with Crippen molar-refractivity contribution in [1.29, 1.82) is 0 Å². The lowest BCUT2D eigenvalue weighted by molar-refractivity contribution is 0.103. The summed E-state index contributed by atoms with van der Waals surface area (Å²) >= 11 is 1.38. The molecule has 0 N–H and O–H groups in total. The van der Waals surface area contributed by atoms with E-state index >= 15 is 0 Å². The van der Waals surface area contributed by atoms with Crippen LogP contribution in [0, 0.1) is 6.92 Å². The Morgan fingerprint density at radius 2 is 2.35 bits per heavy atom. The van der Waals surface area contributed by atoms with Crippen LogP contribution in [0.1, 0.15) is 26.5 Å². The number of aromatic nitrogens is 1. The third-order valence-electron chi connectivity index (χ3n) is 2.91. The molecule has 0 spiro atoms. The Balaban J connectivity index is 2.09. The van der Waals surface area contributed by atoms with E-state index in [0.717, 1.165) is 23.4 Å². The molecule has 2 aromatic rings. The molecule has 3 nitrogen and oxygen atoms in total. The minimum atomic E-state index is 0.0174. The fourth-order valence-electron chi connectivity index (χ4n) is 2.04. The summed E-state index contributed by atoms with van der Waals surface area (Å²) in [5.41, 5.74) is 4.27. The summed E-state index contributed by atoms with van der Waals surface area (Å²) in [6, 6.07) is 5.75. The summed E-state index contributed by atoms with van der Waals surface area (Å²) in [5, 5.41) is 0. The van der Waals surface area contributed by atoms with E-state index in [1.807, 2.05) is 25.1 Å². The number of carbonyl (C=O) groups is 1. The lowest BCUT2D eigenvalue weighted by Crippen LogP contribution is -2.03. The quantitative estimate of drug-likeness (QED) is 0.763. The maximum Gasteiger partial charge on any atom is 0.208 e. The molecular weight excluding hydrogens is 234 g/mol. The number of thiazole rings is 1. The van der Waals surface area contributed by atoms with E-state index in [2.05, 4.69) is 4.98 Å². The van der Waals surface area contributed by atoms with Crippen LogP contribution in [0.4, 0.5) is 0 Å². The summed E-state index contributed by atoms with van der Waals surface area (Å²) < 4.78 is 5.55. The van der Waals surface area contributed by atoms with Crippen molar-refractivity contribution in [2.24, 2.45) is 0 Å². The third kappa shape index (κ3) is 1.65. The van der Waals surface area contributed by atoms with Gasteiger partial charge in [0, 0.05) is 6.42 Å². The van der Waals surface area contributed by atoms with Gasteiger partial charge in [-0.15, -0.1) is 11.3 Å². The Morgan fingerprint density at radius 1 is 1.47 bits per heavy atom. The van der Waals surface area contributed by atoms with E-state index < -0.39 is 0 Å². The molecule has 86 valence electrons. The minimum absolute atomic E-state index is 0.0174. The molecule has 1 aliphatic rings. The minimum Gasteiger partial charge on any atom is -0.492 e. The van der Waals surface area contributed by atoms with Crippen LogP contribution in [-0.4, -0.2) is 17.4 Å². The second kappa shape index (κ2) is 3.96. The molecule has 4 heteroatoms. The average Bonchev–Trinajstić information content (AvgIpc) is 2.95. The Kier molecular flexibility index (Phi) is 2.44. The van der Waals surface area contributed by atoms with Crippen LogP contribution in [0.3, 0.4) is 0 Å². The van der Waals surface area contributed by atoms with Crippen molar-refractivity contribution in [2.75, 3.05) is 6.61 Å². The zero-order chi connectivity index (χ0) is 11.8.